The highest BCUT2D eigenvalue weighted by atomic mass is 79.9. The van der Waals surface area contributed by atoms with Crippen molar-refractivity contribution in [1.82, 2.24) is 10.2 Å². The predicted molar refractivity (Wildman–Crippen MR) is 88.1 cm³/mol. The van der Waals surface area contributed by atoms with Crippen LogP contribution >= 0.6 is 15.9 Å². The second-order valence-electron chi connectivity index (χ2n) is 4.93. The third kappa shape index (κ3) is 2.65. The maximum atomic E-state index is 12.3. The van der Waals surface area contributed by atoms with Gasteiger partial charge in [-0.1, -0.05) is 6.07 Å². The Labute approximate surface area is 145 Å². The van der Waals surface area contributed by atoms with Gasteiger partial charge in [-0.2, -0.15) is 5.10 Å². The van der Waals surface area contributed by atoms with Crippen molar-refractivity contribution in [3.05, 3.63) is 34.1 Å². The summed E-state index contributed by atoms with van der Waals surface area (Å²) in [5.74, 6) is -1.29. The van der Waals surface area contributed by atoms with Crippen molar-refractivity contribution in [2.45, 2.75) is 0 Å². The van der Waals surface area contributed by atoms with E-state index in [2.05, 4.69) is 26.1 Å². The molecule has 1 aromatic carbocycles. The molecule has 0 atom stereocenters. The van der Waals surface area contributed by atoms with Crippen molar-refractivity contribution in [2.24, 2.45) is 0 Å². The molecule has 1 N–H and O–H groups in total. The van der Waals surface area contributed by atoms with Crippen molar-refractivity contribution in [3.63, 3.8) is 0 Å². The fourth-order valence-corrected chi connectivity index (χ4v) is 2.95. The Hall–Kier alpha value is -2.39. The first-order valence-corrected chi connectivity index (χ1v) is 7.75. The van der Waals surface area contributed by atoms with Gasteiger partial charge in [-0.15, -0.1) is 0 Å². The lowest BCUT2D eigenvalue weighted by Crippen LogP contribution is -2.38. The number of hydrogen-bond acceptors (Lipinski definition) is 7. The lowest BCUT2D eigenvalue weighted by molar-refractivity contribution is -0.140. The topological polar surface area (TPSA) is 93.8 Å². The smallest absolute Gasteiger partial charge is 0.355 e. The first-order chi connectivity index (χ1) is 11.6. The number of halogens is 1. The Balaban J connectivity index is 2.20. The molecule has 1 aromatic heterocycles. The van der Waals surface area contributed by atoms with Gasteiger partial charge >= 0.3 is 11.9 Å². The zero-order valence-corrected chi connectivity index (χ0v) is 14.5. The molecular formula is C15H14BrN3O5. The average Bonchev–Trinajstić information content (AvgIpc) is 3.01. The molecule has 2 heterocycles. The van der Waals surface area contributed by atoms with E-state index >= 15 is 0 Å². The molecule has 0 saturated heterocycles. The van der Waals surface area contributed by atoms with Crippen LogP contribution in [0.1, 0.15) is 0 Å². The van der Waals surface area contributed by atoms with E-state index in [4.69, 9.17) is 14.2 Å². The van der Waals surface area contributed by atoms with E-state index in [1.165, 1.54) is 14.2 Å². The van der Waals surface area contributed by atoms with Crippen LogP contribution in [0.5, 0.6) is 0 Å². The minimum Gasteiger partial charge on any atom is -0.466 e. The molecular weight excluding hydrogens is 382 g/mol. The molecule has 0 amide bonds. The molecule has 0 radical (unpaired) electrons. The summed E-state index contributed by atoms with van der Waals surface area (Å²) >= 11 is 3.38. The molecule has 0 saturated carbocycles. The van der Waals surface area contributed by atoms with Gasteiger partial charge in [-0.25, -0.2) is 9.59 Å². The average molecular weight is 396 g/mol. The van der Waals surface area contributed by atoms with Gasteiger partial charge in [0.25, 0.3) is 0 Å². The molecule has 0 bridgehead atoms. The number of ether oxygens (including phenoxy) is 3. The largest absolute Gasteiger partial charge is 0.466 e. The number of aromatic nitrogens is 2. The number of aromatic amines is 1. The molecule has 8 nitrogen and oxygen atoms in total. The molecule has 1 aliphatic rings. The van der Waals surface area contributed by atoms with E-state index < -0.39 is 11.9 Å². The van der Waals surface area contributed by atoms with Crippen LogP contribution < -0.4 is 4.90 Å². The summed E-state index contributed by atoms with van der Waals surface area (Å²) in [6.07, 6.45) is 0. The number of carbonyl (C=O) groups is 2. The summed E-state index contributed by atoms with van der Waals surface area (Å²) in [6.45, 7) is 0.0440. The van der Waals surface area contributed by atoms with E-state index in [-0.39, 0.29) is 24.6 Å². The highest BCUT2D eigenvalue weighted by Crippen LogP contribution is 2.33. The molecule has 0 spiro atoms. The van der Waals surface area contributed by atoms with Gasteiger partial charge in [0.05, 0.1) is 32.1 Å². The standard InChI is InChI=1S/C15H14BrN3O5/c1-22-14(20)9-6-24-7-19(12(9)15(21)23-2)10-5-3-4-8-11(10)17-18-13(8)16/h3-5H,6-7H2,1-2H3,(H,17,18). The van der Waals surface area contributed by atoms with E-state index in [1.54, 1.807) is 11.0 Å². The fraction of sp³-hybridized carbons (Fsp3) is 0.267. The van der Waals surface area contributed by atoms with Crippen molar-refractivity contribution in [3.8, 4) is 0 Å². The van der Waals surface area contributed by atoms with Gasteiger partial charge in [-0.3, -0.25) is 5.10 Å². The minimum atomic E-state index is -0.648. The van der Waals surface area contributed by atoms with Crippen LogP contribution in [0.15, 0.2) is 34.1 Å². The number of nitrogens with one attached hydrogen (secondary N) is 1. The Morgan fingerprint density at radius 3 is 2.75 bits per heavy atom. The Bertz CT molecular complexity index is 845. The van der Waals surface area contributed by atoms with Gasteiger partial charge in [-0.05, 0) is 28.1 Å². The zero-order valence-electron chi connectivity index (χ0n) is 13.0. The van der Waals surface area contributed by atoms with Gasteiger partial charge in [0.15, 0.2) is 0 Å². The number of hydrogen-bond donors (Lipinski definition) is 1. The normalized spacial score (nSPS) is 14.9. The SMILES string of the molecule is COC(=O)C1=C(C(=O)OC)N(c2cccc3c(Br)[nH]nc23)COC1. The summed E-state index contributed by atoms with van der Waals surface area (Å²) in [5, 5.41) is 7.91. The minimum absolute atomic E-state index is 0.0339. The first-order valence-electron chi connectivity index (χ1n) is 6.96. The summed E-state index contributed by atoms with van der Waals surface area (Å²) < 4.78 is 15.8. The number of H-pyrrole nitrogens is 1. The van der Waals surface area contributed by atoms with Crippen LogP contribution in [-0.2, 0) is 23.8 Å². The lowest BCUT2D eigenvalue weighted by Gasteiger charge is -2.31. The fourth-order valence-electron chi connectivity index (χ4n) is 2.54. The number of fused-ring (bicyclic) bond motifs is 1. The molecule has 2 aromatic rings. The summed E-state index contributed by atoms with van der Waals surface area (Å²) in [5.41, 5.74) is 1.42. The number of anilines is 1. The second-order valence-corrected chi connectivity index (χ2v) is 5.72. The van der Waals surface area contributed by atoms with Crippen LogP contribution in [0.3, 0.4) is 0 Å². The number of rotatable bonds is 3. The maximum absolute atomic E-state index is 12.3. The maximum Gasteiger partial charge on any atom is 0.355 e. The molecule has 1 aliphatic heterocycles. The van der Waals surface area contributed by atoms with Crippen molar-refractivity contribution < 1.29 is 23.8 Å². The molecule has 0 aliphatic carbocycles. The number of esters is 2. The summed E-state index contributed by atoms with van der Waals surface area (Å²) in [6, 6.07) is 5.47. The van der Waals surface area contributed by atoms with Crippen molar-refractivity contribution in [2.75, 3.05) is 32.5 Å². The molecule has 0 unspecified atom stereocenters. The molecule has 0 fully saturated rings. The molecule has 24 heavy (non-hydrogen) atoms. The lowest BCUT2D eigenvalue weighted by atomic mass is 10.1. The van der Waals surface area contributed by atoms with E-state index in [9.17, 15) is 9.59 Å². The molecule has 126 valence electrons. The van der Waals surface area contributed by atoms with Crippen LogP contribution in [-0.4, -0.2) is 49.7 Å². The van der Waals surface area contributed by atoms with Gasteiger partial charge in [0.1, 0.15) is 22.5 Å². The number of benzene rings is 1. The third-order valence-electron chi connectivity index (χ3n) is 3.64. The number of carbonyl (C=O) groups excluding carboxylic acids is 2. The molecule has 9 heteroatoms. The Kier molecular flexibility index (Phi) is 4.54. The highest BCUT2D eigenvalue weighted by molar-refractivity contribution is 9.10. The number of para-hydroxylation sites is 1. The molecule has 3 rings (SSSR count). The van der Waals surface area contributed by atoms with Gasteiger partial charge in [0.2, 0.25) is 0 Å². The quantitative estimate of drug-likeness (QED) is 0.790. The van der Waals surface area contributed by atoms with Gasteiger partial charge in [0, 0.05) is 5.39 Å². The predicted octanol–water partition coefficient (Wildman–Crippen LogP) is 1.72. The van der Waals surface area contributed by atoms with Crippen LogP contribution in [0, 0.1) is 0 Å². The van der Waals surface area contributed by atoms with Crippen LogP contribution in [0.4, 0.5) is 5.69 Å². The number of methoxy groups -OCH3 is 2. The second kappa shape index (κ2) is 6.62. The van der Waals surface area contributed by atoms with Crippen molar-refractivity contribution >= 4 is 44.5 Å². The van der Waals surface area contributed by atoms with Gasteiger partial charge < -0.3 is 19.1 Å². The number of nitrogens with zero attached hydrogens (tertiary/aromatic N) is 2. The van der Waals surface area contributed by atoms with E-state index in [0.717, 1.165) is 5.39 Å². The van der Waals surface area contributed by atoms with Crippen LogP contribution in [0.2, 0.25) is 0 Å². The van der Waals surface area contributed by atoms with Crippen LogP contribution in [0.25, 0.3) is 10.9 Å². The highest BCUT2D eigenvalue weighted by Gasteiger charge is 2.33. The van der Waals surface area contributed by atoms with Crippen molar-refractivity contribution in [1.29, 1.82) is 0 Å². The third-order valence-corrected chi connectivity index (χ3v) is 4.25. The van der Waals surface area contributed by atoms with E-state index in [0.29, 0.717) is 15.8 Å². The zero-order chi connectivity index (χ0) is 17.3. The summed E-state index contributed by atoms with van der Waals surface area (Å²) in [4.78, 5) is 25.9. The Morgan fingerprint density at radius 2 is 2.04 bits per heavy atom. The summed E-state index contributed by atoms with van der Waals surface area (Å²) in [7, 11) is 2.50. The monoisotopic (exact) mass is 395 g/mol. The first kappa shape index (κ1) is 16.5. The Morgan fingerprint density at radius 1 is 1.29 bits per heavy atom. The van der Waals surface area contributed by atoms with E-state index in [1.807, 2.05) is 12.1 Å².